The molecule has 2 heterocycles. The van der Waals surface area contributed by atoms with Gasteiger partial charge in [-0.15, -0.1) is 29.3 Å². The van der Waals surface area contributed by atoms with Crippen molar-refractivity contribution in [1.29, 1.82) is 0 Å². The van der Waals surface area contributed by atoms with Crippen molar-refractivity contribution in [2.45, 2.75) is 59.2 Å². The molecule has 56 heavy (non-hydrogen) atoms. The van der Waals surface area contributed by atoms with E-state index in [-0.39, 0.29) is 37.6 Å². The van der Waals surface area contributed by atoms with Gasteiger partial charge in [-0.2, -0.15) is 0 Å². The van der Waals surface area contributed by atoms with Crippen LogP contribution in [0.3, 0.4) is 0 Å². The smallest absolute Gasteiger partial charge is 0.148 e. The minimum Gasteiger partial charge on any atom is -0.507 e. The molecule has 2 aromatic heterocycles. The number of aryl methyl sites for hydroxylation is 1. The zero-order chi connectivity index (χ0) is 41.0. The summed E-state index contributed by atoms with van der Waals surface area (Å²) in [6.07, 6.45) is 1.79. The standard InChI is InChI=1S/C51H46N3O.Pt/c1-33-20-22-35(23-21-33)37-26-27-52-44(32-37)39-28-38(29-40(30-39)50(2,3)4)41-17-13-18-46-48(41)53-49(42-16-11-12-19-47(42)55)54(46)45-25-24-36(31-43(45)51(5,6)7)34-14-9-8-10-15-34;/h8-27,29-32,55H,1-7H3;/q-1;/i1D3;. The second-order valence-corrected chi connectivity index (χ2v) is 16.3. The number of rotatable bonds is 6. The van der Waals surface area contributed by atoms with Gasteiger partial charge in [0.15, 0.2) is 0 Å². The van der Waals surface area contributed by atoms with Crippen LogP contribution in [0.5, 0.6) is 5.75 Å². The Kier molecular flexibility index (Phi) is 9.45. The molecule has 0 saturated carbocycles. The van der Waals surface area contributed by atoms with Crippen LogP contribution in [-0.2, 0) is 31.9 Å². The summed E-state index contributed by atoms with van der Waals surface area (Å²) in [7, 11) is 0. The molecule has 5 heteroatoms. The van der Waals surface area contributed by atoms with E-state index >= 15 is 0 Å². The van der Waals surface area contributed by atoms with Crippen LogP contribution >= 0.6 is 0 Å². The summed E-state index contributed by atoms with van der Waals surface area (Å²) in [5.74, 6) is 0.797. The number of fused-ring (bicyclic) bond motifs is 1. The molecule has 6 aromatic carbocycles. The maximum absolute atomic E-state index is 11.3. The Morgan fingerprint density at radius 2 is 1.29 bits per heavy atom. The van der Waals surface area contributed by atoms with Gasteiger partial charge in [0, 0.05) is 37.1 Å². The zero-order valence-electron chi connectivity index (χ0n) is 35.5. The summed E-state index contributed by atoms with van der Waals surface area (Å²) in [4.78, 5) is 10.2. The predicted molar refractivity (Wildman–Crippen MR) is 229 cm³/mol. The maximum Gasteiger partial charge on any atom is 0.148 e. The molecular weight excluding hydrogens is 866 g/mol. The molecule has 8 aromatic rings. The number of benzene rings is 6. The topological polar surface area (TPSA) is 50.9 Å². The van der Waals surface area contributed by atoms with Gasteiger partial charge in [0.05, 0.1) is 22.3 Å². The first-order valence-corrected chi connectivity index (χ1v) is 18.7. The number of pyridine rings is 1. The molecule has 0 radical (unpaired) electrons. The Balaban J connectivity index is 0.00000528. The molecule has 0 saturated heterocycles. The van der Waals surface area contributed by atoms with E-state index in [4.69, 9.17) is 14.1 Å². The van der Waals surface area contributed by atoms with Crippen molar-refractivity contribution in [2.75, 3.05) is 0 Å². The van der Waals surface area contributed by atoms with Gasteiger partial charge < -0.3 is 5.11 Å². The molecule has 0 spiro atoms. The fourth-order valence-corrected chi connectivity index (χ4v) is 7.25. The number of imidazole rings is 1. The van der Waals surface area contributed by atoms with E-state index < -0.39 is 6.85 Å². The van der Waals surface area contributed by atoms with Gasteiger partial charge in [0.1, 0.15) is 11.6 Å². The van der Waals surface area contributed by atoms with Crippen molar-refractivity contribution in [3.05, 3.63) is 168 Å². The number of phenolic OH excluding ortho intramolecular Hbond substituents is 1. The zero-order valence-corrected chi connectivity index (χ0v) is 34.7. The fraction of sp³-hybridized carbons (Fsp3) is 0.176. The van der Waals surface area contributed by atoms with Crippen molar-refractivity contribution in [3.8, 4) is 67.5 Å². The minimum absolute atomic E-state index is 0. The molecule has 0 aliphatic heterocycles. The molecule has 4 nitrogen and oxygen atoms in total. The van der Waals surface area contributed by atoms with E-state index in [0.29, 0.717) is 17.0 Å². The number of nitrogens with zero attached hydrogens (tertiary/aromatic N) is 3. The molecule has 0 aliphatic carbocycles. The number of aromatic hydroxyl groups is 1. The molecule has 0 atom stereocenters. The first-order chi connectivity index (χ1) is 27.6. The number of hydrogen-bond acceptors (Lipinski definition) is 3. The van der Waals surface area contributed by atoms with E-state index in [2.05, 4.69) is 125 Å². The quantitative estimate of drug-likeness (QED) is 0.169. The van der Waals surface area contributed by atoms with Gasteiger partial charge in [-0.1, -0.05) is 149 Å². The maximum atomic E-state index is 11.3. The Bertz CT molecular complexity index is 2800. The van der Waals surface area contributed by atoms with Gasteiger partial charge in [0.2, 0.25) is 0 Å². The van der Waals surface area contributed by atoms with Gasteiger partial charge in [-0.25, -0.2) is 4.98 Å². The average molecular weight is 915 g/mol. The molecule has 0 unspecified atom stereocenters. The third-order valence-corrected chi connectivity index (χ3v) is 10.3. The largest absolute Gasteiger partial charge is 0.507 e. The minimum atomic E-state index is -2.16. The van der Waals surface area contributed by atoms with Crippen LogP contribution in [0.15, 0.2) is 146 Å². The molecule has 0 aliphatic rings. The normalized spacial score (nSPS) is 12.8. The molecule has 0 amide bonds. The van der Waals surface area contributed by atoms with E-state index in [1.54, 1.807) is 24.4 Å². The summed E-state index contributed by atoms with van der Waals surface area (Å²) in [5.41, 5.74) is 13.0. The molecule has 0 fully saturated rings. The Morgan fingerprint density at radius 3 is 2.00 bits per heavy atom. The van der Waals surface area contributed by atoms with Gasteiger partial charge in [-0.3, -0.25) is 9.55 Å². The van der Waals surface area contributed by atoms with E-state index in [1.807, 2.05) is 48.5 Å². The van der Waals surface area contributed by atoms with Crippen LogP contribution < -0.4 is 0 Å². The van der Waals surface area contributed by atoms with Gasteiger partial charge >= 0.3 is 0 Å². The predicted octanol–water partition coefficient (Wildman–Crippen LogP) is 13.2. The number of para-hydroxylation sites is 2. The van der Waals surface area contributed by atoms with Crippen molar-refractivity contribution >= 4 is 11.0 Å². The van der Waals surface area contributed by atoms with Crippen LogP contribution in [0.2, 0.25) is 0 Å². The van der Waals surface area contributed by atoms with E-state index in [9.17, 15) is 5.11 Å². The van der Waals surface area contributed by atoms with Crippen LogP contribution in [0.1, 0.15) is 62.3 Å². The third-order valence-electron chi connectivity index (χ3n) is 10.3. The van der Waals surface area contributed by atoms with Crippen LogP contribution in [0.25, 0.3) is 72.7 Å². The second kappa shape index (κ2) is 15.2. The summed E-state index contributed by atoms with van der Waals surface area (Å²) < 4.78 is 25.6. The van der Waals surface area contributed by atoms with Gasteiger partial charge in [-0.05, 0) is 81.9 Å². The molecular formula is C51H46N3OPt-. The van der Waals surface area contributed by atoms with Crippen LogP contribution in [-0.4, -0.2) is 19.6 Å². The number of hydrogen-bond donors (Lipinski definition) is 1. The average Bonchev–Trinajstić information content (AvgIpc) is 3.59. The first-order valence-electron chi connectivity index (χ1n) is 20.2. The second-order valence-electron chi connectivity index (χ2n) is 16.3. The molecule has 1 N–H and O–H groups in total. The summed E-state index contributed by atoms with van der Waals surface area (Å²) >= 11 is 0. The molecule has 282 valence electrons. The number of phenols is 1. The van der Waals surface area contributed by atoms with Crippen molar-refractivity contribution in [1.82, 2.24) is 14.5 Å². The van der Waals surface area contributed by atoms with Crippen LogP contribution in [0, 0.1) is 12.9 Å². The summed E-state index contributed by atoms with van der Waals surface area (Å²) in [6, 6.07) is 49.8. The Labute approximate surface area is 349 Å². The van der Waals surface area contributed by atoms with Crippen molar-refractivity contribution in [2.24, 2.45) is 0 Å². The summed E-state index contributed by atoms with van der Waals surface area (Å²) in [5, 5.41) is 11.3. The van der Waals surface area contributed by atoms with Crippen molar-refractivity contribution in [3.63, 3.8) is 0 Å². The fourth-order valence-electron chi connectivity index (χ4n) is 7.25. The van der Waals surface area contributed by atoms with E-state index in [1.165, 1.54) is 0 Å². The van der Waals surface area contributed by atoms with Gasteiger partial charge in [0.25, 0.3) is 0 Å². The molecule has 0 bridgehead atoms. The monoisotopic (exact) mass is 914 g/mol. The Morgan fingerprint density at radius 1 is 0.625 bits per heavy atom. The Hall–Kier alpha value is -5.57. The SMILES string of the molecule is [2H]C([2H])([2H])c1ccc(-c2ccnc(-c3[c-]c(-c4cccc5c4nc(-c4ccccc4O)n5-c4ccc(-c5ccccc5)cc4C(C)(C)C)cc(C(C)(C)C)c3)c2)cc1.[Pt]. The first kappa shape index (κ1) is 34.9. The van der Waals surface area contributed by atoms with E-state index in [0.717, 1.165) is 72.5 Å². The number of aromatic nitrogens is 3. The molecule has 8 rings (SSSR count). The van der Waals surface area contributed by atoms with Crippen LogP contribution in [0.4, 0.5) is 0 Å². The summed E-state index contributed by atoms with van der Waals surface area (Å²) in [6.45, 7) is 11.1. The third kappa shape index (κ3) is 7.51. The van der Waals surface area contributed by atoms with Crippen molar-refractivity contribution < 1.29 is 30.3 Å².